The van der Waals surface area contributed by atoms with Crippen LogP contribution in [0.15, 0.2) is 42.5 Å². The predicted octanol–water partition coefficient (Wildman–Crippen LogP) is 3.97. The van der Waals surface area contributed by atoms with E-state index in [0.29, 0.717) is 25.1 Å². The molecule has 0 aromatic heterocycles. The number of nitriles is 1. The number of methoxy groups -OCH3 is 1. The summed E-state index contributed by atoms with van der Waals surface area (Å²) >= 11 is 0. The molecule has 0 N–H and O–H groups in total. The topological polar surface area (TPSA) is 56.6 Å². The first-order valence-electron chi connectivity index (χ1n) is 10.6. The first-order chi connectivity index (χ1) is 14.5. The van der Waals surface area contributed by atoms with Gasteiger partial charge in [0.25, 0.3) is 0 Å². The molecule has 0 saturated heterocycles. The second-order valence-electron chi connectivity index (χ2n) is 8.29. The Kier molecular flexibility index (Phi) is 7.48. The van der Waals surface area contributed by atoms with E-state index < -0.39 is 0 Å². The van der Waals surface area contributed by atoms with Gasteiger partial charge in [0.2, 0.25) is 5.91 Å². The number of benzene rings is 2. The van der Waals surface area contributed by atoms with Crippen molar-refractivity contribution >= 4 is 5.91 Å². The summed E-state index contributed by atoms with van der Waals surface area (Å²) in [6.07, 6.45) is 3.73. The molecular formula is C25H31N3O2. The Morgan fingerprint density at radius 3 is 2.60 bits per heavy atom. The summed E-state index contributed by atoms with van der Waals surface area (Å²) in [5.74, 6) is 1.33. The lowest BCUT2D eigenvalue weighted by Gasteiger charge is -2.29. The molecule has 1 amide bonds. The van der Waals surface area contributed by atoms with Crippen LogP contribution in [0.5, 0.6) is 5.75 Å². The fourth-order valence-electron chi connectivity index (χ4n) is 4.09. The number of aryl methyl sites for hydroxylation is 1. The van der Waals surface area contributed by atoms with E-state index in [9.17, 15) is 4.79 Å². The summed E-state index contributed by atoms with van der Waals surface area (Å²) in [6.45, 7) is 2.08. The molecule has 0 heterocycles. The van der Waals surface area contributed by atoms with Gasteiger partial charge in [-0.3, -0.25) is 4.79 Å². The van der Waals surface area contributed by atoms with Gasteiger partial charge in [-0.1, -0.05) is 18.2 Å². The molecule has 0 bridgehead atoms. The number of hydrogen-bond acceptors (Lipinski definition) is 4. The molecule has 0 fully saturated rings. The van der Waals surface area contributed by atoms with Gasteiger partial charge in [-0.05, 0) is 80.2 Å². The number of fused-ring (bicyclic) bond motifs is 1. The molecule has 0 radical (unpaired) electrons. The summed E-state index contributed by atoms with van der Waals surface area (Å²) in [6, 6.07) is 15.9. The number of hydrogen-bond donors (Lipinski definition) is 0. The van der Waals surface area contributed by atoms with Crippen LogP contribution in [-0.4, -0.2) is 50.0 Å². The SMILES string of the molecule is COc1ccc2c(c1)CCCC2CC(=O)N(CCN(C)C)Cc1ccc(C#N)cc1. The molecule has 1 aliphatic rings. The monoisotopic (exact) mass is 405 g/mol. The van der Waals surface area contributed by atoms with Crippen molar-refractivity contribution in [2.75, 3.05) is 34.3 Å². The van der Waals surface area contributed by atoms with Crippen LogP contribution in [-0.2, 0) is 17.8 Å². The van der Waals surface area contributed by atoms with Crippen LogP contribution in [0.4, 0.5) is 0 Å². The largest absolute Gasteiger partial charge is 0.497 e. The lowest BCUT2D eigenvalue weighted by atomic mass is 9.80. The van der Waals surface area contributed by atoms with Crippen LogP contribution in [0.3, 0.4) is 0 Å². The van der Waals surface area contributed by atoms with Crippen molar-refractivity contribution in [1.29, 1.82) is 5.26 Å². The van der Waals surface area contributed by atoms with Crippen LogP contribution >= 0.6 is 0 Å². The van der Waals surface area contributed by atoms with Crippen molar-refractivity contribution < 1.29 is 9.53 Å². The summed E-state index contributed by atoms with van der Waals surface area (Å²) in [4.78, 5) is 17.4. The van der Waals surface area contributed by atoms with Crippen molar-refractivity contribution in [3.8, 4) is 11.8 Å². The van der Waals surface area contributed by atoms with E-state index in [2.05, 4.69) is 23.1 Å². The summed E-state index contributed by atoms with van der Waals surface area (Å²) in [7, 11) is 5.74. The fourth-order valence-corrected chi connectivity index (χ4v) is 4.09. The highest BCUT2D eigenvalue weighted by atomic mass is 16.5. The molecule has 2 aromatic rings. The van der Waals surface area contributed by atoms with E-state index >= 15 is 0 Å². The number of likely N-dealkylation sites (N-methyl/N-ethyl adjacent to an activating group) is 1. The van der Waals surface area contributed by atoms with Crippen LogP contribution in [0.2, 0.25) is 0 Å². The molecule has 0 saturated carbocycles. The minimum absolute atomic E-state index is 0.190. The normalized spacial score (nSPS) is 15.4. The highest BCUT2D eigenvalue weighted by Gasteiger charge is 2.25. The third-order valence-electron chi connectivity index (χ3n) is 5.84. The van der Waals surface area contributed by atoms with Crippen molar-refractivity contribution in [2.45, 2.75) is 38.1 Å². The van der Waals surface area contributed by atoms with Crippen LogP contribution < -0.4 is 4.74 Å². The van der Waals surface area contributed by atoms with E-state index in [1.807, 2.05) is 49.3 Å². The Balaban J connectivity index is 1.74. The number of nitrogens with zero attached hydrogens (tertiary/aromatic N) is 3. The van der Waals surface area contributed by atoms with Gasteiger partial charge in [-0.2, -0.15) is 5.26 Å². The van der Waals surface area contributed by atoms with Gasteiger partial charge in [-0.25, -0.2) is 0 Å². The quantitative estimate of drug-likeness (QED) is 0.667. The molecule has 5 nitrogen and oxygen atoms in total. The summed E-state index contributed by atoms with van der Waals surface area (Å²) in [5.41, 5.74) is 4.29. The smallest absolute Gasteiger partial charge is 0.223 e. The average Bonchev–Trinajstić information content (AvgIpc) is 2.76. The molecule has 158 valence electrons. The molecule has 1 atom stereocenters. The maximum atomic E-state index is 13.3. The predicted molar refractivity (Wildman–Crippen MR) is 118 cm³/mol. The van der Waals surface area contributed by atoms with E-state index in [1.165, 1.54) is 11.1 Å². The maximum Gasteiger partial charge on any atom is 0.223 e. The van der Waals surface area contributed by atoms with Gasteiger partial charge >= 0.3 is 0 Å². The van der Waals surface area contributed by atoms with Crippen molar-refractivity contribution in [3.05, 3.63) is 64.7 Å². The zero-order chi connectivity index (χ0) is 21.5. The molecule has 3 rings (SSSR count). The van der Waals surface area contributed by atoms with Gasteiger partial charge in [0, 0.05) is 26.1 Å². The van der Waals surface area contributed by atoms with E-state index in [1.54, 1.807) is 7.11 Å². The first kappa shape index (κ1) is 21.9. The Labute approximate surface area is 179 Å². The summed E-state index contributed by atoms with van der Waals surface area (Å²) in [5, 5.41) is 9.01. The molecule has 1 unspecified atom stereocenters. The van der Waals surface area contributed by atoms with Crippen molar-refractivity contribution in [2.24, 2.45) is 0 Å². The lowest BCUT2D eigenvalue weighted by Crippen LogP contribution is -2.37. The molecule has 1 aliphatic carbocycles. The number of ether oxygens (including phenoxy) is 1. The van der Waals surface area contributed by atoms with Crippen LogP contribution in [0, 0.1) is 11.3 Å². The highest BCUT2D eigenvalue weighted by molar-refractivity contribution is 5.77. The highest BCUT2D eigenvalue weighted by Crippen LogP contribution is 2.36. The van der Waals surface area contributed by atoms with Crippen LogP contribution in [0.25, 0.3) is 0 Å². The second-order valence-corrected chi connectivity index (χ2v) is 8.29. The standard InChI is InChI=1S/C25H31N3O2/c1-27(2)13-14-28(18-20-9-7-19(17-26)8-10-20)25(29)16-22-6-4-5-21-15-23(30-3)11-12-24(21)22/h7-12,15,22H,4-6,13-14,16,18H2,1-3H3. The molecule has 0 aliphatic heterocycles. The Bertz CT molecular complexity index is 900. The van der Waals surface area contributed by atoms with Gasteiger partial charge in [0.05, 0.1) is 18.7 Å². The van der Waals surface area contributed by atoms with E-state index in [0.717, 1.165) is 37.1 Å². The lowest BCUT2D eigenvalue weighted by molar-refractivity contribution is -0.132. The zero-order valence-corrected chi connectivity index (χ0v) is 18.2. The molecule has 0 spiro atoms. The zero-order valence-electron chi connectivity index (χ0n) is 18.2. The molecule has 2 aromatic carbocycles. The third kappa shape index (κ3) is 5.61. The average molecular weight is 406 g/mol. The third-order valence-corrected chi connectivity index (χ3v) is 5.84. The summed E-state index contributed by atoms with van der Waals surface area (Å²) < 4.78 is 5.37. The van der Waals surface area contributed by atoms with Gasteiger partial charge < -0.3 is 14.5 Å². The minimum atomic E-state index is 0.190. The van der Waals surface area contributed by atoms with E-state index in [-0.39, 0.29) is 11.8 Å². The van der Waals surface area contributed by atoms with Gasteiger partial charge in [-0.15, -0.1) is 0 Å². The minimum Gasteiger partial charge on any atom is -0.497 e. The van der Waals surface area contributed by atoms with Crippen LogP contribution in [0.1, 0.15) is 47.4 Å². The van der Waals surface area contributed by atoms with Gasteiger partial charge in [0.1, 0.15) is 5.75 Å². The molecule has 30 heavy (non-hydrogen) atoms. The van der Waals surface area contributed by atoms with Gasteiger partial charge in [0.15, 0.2) is 0 Å². The molecular weight excluding hydrogens is 374 g/mol. The first-order valence-corrected chi connectivity index (χ1v) is 10.6. The number of carbonyl (C=O) groups excluding carboxylic acids is 1. The van der Waals surface area contributed by atoms with Crippen molar-refractivity contribution in [3.63, 3.8) is 0 Å². The Morgan fingerprint density at radius 2 is 1.93 bits per heavy atom. The number of rotatable bonds is 8. The maximum absolute atomic E-state index is 13.3. The Morgan fingerprint density at radius 1 is 1.17 bits per heavy atom. The van der Waals surface area contributed by atoms with E-state index in [4.69, 9.17) is 10.00 Å². The molecule has 5 heteroatoms. The number of carbonyl (C=O) groups is 1. The number of amides is 1. The second kappa shape index (κ2) is 10.3. The Hall–Kier alpha value is -2.84. The fraction of sp³-hybridized carbons (Fsp3) is 0.440. The van der Waals surface area contributed by atoms with Crippen molar-refractivity contribution in [1.82, 2.24) is 9.80 Å².